The van der Waals surface area contributed by atoms with Crippen molar-refractivity contribution in [1.82, 2.24) is 15.0 Å². The fraction of sp³-hybridized carbons (Fsp3) is 0.250. The fourth-order valence-corrected chi connectivity index (χ4v) is 1.67. The van der Waals surface area contributed by atoms with E-state index in [1.54, 1.807) is 12.4 Å². The Bertz CT molecular complexity index is 465. The number of aromatic nitrogens is 3. The molecule has 0 bridgehead atoms. The normalized spacial score (nSPS) is 12.4. The topological polar surface area (TPSA) is 58.9 Å². The first kappa shape index (κ1) is 10.7. The van der Waals surface area contributed by atoms with Crippen LogP contribution in [0.1, 0.15) is 28.6 Å². The molecule has 2 heterocycles. The smallest absolute Gasteiger partial charge is 0.115 e. The summed E-state index contributed by atoms with van der Waals surface area (Å²) in [6, 6.07) is 3.73. The first-order valence-electron chi connectivity index (χ1n) is 5.05. The van der Waals surface area contributed by atoms with E-state index in [1.165, 1.54) is 6.33 Å². The Hall–Kier alpha value is -1.81. The molecule has 82 valence electrons. The fourth-order valence-electron chi connectivity index (χ4n) is 1.67. The van der Waals surface area contributed by atoms with Gasteiger partial charge in [-0.3, -0.25) is 4.98 Å². The molecular weight excluding hydrogens is 202 g/mol. The number of hydrogen-bond donors (Lipinski definition) is 1. The molecule has 2 rings (SSSR count). The summed E-state index contributed by atoms with van der Waals surface area (Å²) in [5.41, 5.74) is 3.30. The van der Waals surface area contributed by atoms with Crippen LogP contribution in [0.3, 0.4) is 0 Å². The van der Waals surface area contributed by atoms with Crippen molar-refractivity contribution < 1.29 is 5.11 Å². The predicted octanol–water partition coefficient (Wildman–Crippen LogP) is 1.57. The van der Waals surface area contributed by atoms with E-state index < -0.39 is 6.10 Å². The van der Waals surface area contributed by atoms with E-state index in [9.17, 15) is 5.11 Å². The van der Waals surface area contributed by atoms with Crippen LogP contribution in [0, 0.1) is 13.8 Å². The molecule has 0 aromatic carbocycles. The van der Waals surface area contributed by atoms with Crippen LogP contribution < -0.4 is 0 Å². The zero-order chi connectivity index (χ0) is 11.5. The minimum absolute atomic E-state index is 0.688. The molecule has 4 heteroatoms. The van der Waals surface area contributed by atoms with Crippen LogP contribution >= 0.6 is 0 Å². The molecule has 1 unspecified atom stereocenters. The number of rotatable bonds is 2. The lowest BCUT2D eigenvalue weighted by molar-refractivity contribution is 0.219. The third-order valence-corrected chi connectivity index (χ3v) is 2.32. The largest absolute Gasteiger partial charge is 0.384 e. The van der Waals surface area contributed by atoms with Crippen molar-refractivity contribution in [3.05, 3.63) is 53.4 Å². The van der Waals surface area contributed by atoms with Crippen LogP contribution in [0.25, 0.3) is 0 Å². The highest BCUT2D eigenvalue weighted by atomic mass is 16.3. The van der Waals surface area contributed by atoms with Gasteiger partial charge in [0, 0.05) is 29.3 Å². The van der Waals surface area contributed by atoms with Crippen molar-refractivity contribution in [2.24, 2.45) is 0 Å². The Morgan fingerprint density at radius 1 is 1.00 bits per heavy atom. The van der Waals surface area contributed by atoms with Gasteiger partial charge in [-0.1, -0.05) is 0 Å². The number of aliphatic hydroxyl groups excluding tert-OH is 1. The van der Waals surface area contributed by atoms with E-state index in [1.807, 2.05) is 26.0 Å². The van der Waals surface area contributed by atoms with Crippen molar-refractivity contribution in [2.45, 2.75) is 20.0 Å². The number of hydrogen-bond acceptors (Lipinski definition) is 4. The van der Waals surface area contributed by atoms with Gasteiger partial charge in [-0.05, 0) is 31.5 Å². The molecular formula is C12H13N3O. The lowest BCUT2D eigenvalue weighted by Gasteiger charge is -2.11. The van der Waals surface area contributed by atoms with Gasteiger partial charge in [0.15, 0.2) is 0 Å². The van der Waals surface area contributed by atoms with Crippen molar-refractivity contribution in [3.8, 4) is 0 Å². The molecule has 2 aromatic heterocycles. The third kappa shape index (κ3) is 2.23. The monoisotopic (exact) mass is 215 g/mol. The molecule has 0 aliphatic heterocycles. The van der Waals surface area contributed by atoms with Crippen molar-refractivity contribution in [1.29, 1.82) is 0 Å². The quantitative estimate of drug-likeness (QED) is 0.826. The van der Waals surface area contributed by atoms with Crippen LogP contribution in [0.2, 0.25) is 0 Å². The molecule has 16 heavy (non-hydrogen) atoms. The molecule has 1 N–H and O–H groups in total. The second-order valence-electron chi connectivity index (χ2n) is 3.76. The predicted molar refractivity (Wildman–Crippen MR) is 59.8 cm³/mol. The van der Waals surface area contributed by atoms with Crippen LogP contribution in [-0.4, -0.2) is 20.1 Å². The van der Waals surface area contributed by atoms with Crippen LogP contribution in [0.5, 0.6) is 0 Å². The minimum atomic E-state index is -0.693. The molecule has 0 saturated carbocycles. The molecule has 0 spiro atoms. The van der Waals surface area contributed by atoms with E-state index in [0.717, 1.165) is 17.0 Å². The Labute approximate surface area is 94.0 Å². The van der Waals surface area contributed by atoms with Crippen molar-refractivity contribution >= 4 is 0 Å². The average Bonchev–Trinajstić information content (AvgIpc) is 2.28. The summed E-state index contributed by atoms with van der Waals surface area (Å²) < 4.78 is 0. The maximum atomic E-state index is 10.1. The number of aryl methyl sites for hydroxylation is 2. The van der Waals surface area contributed by atoms with Gasteiger partial charge in [-0.2, -0.15) is 0 Å². The highest BCUT2D eigenvalue weighted by molar-refractivity contribution is 5.29. The first-order valence-corrected chi connectivity index (χ1v) is 5.05. The number of nitrogens with zero attached hydrogens (tertiary/aromatic N) is 3. The summed E-state index contributed by atoms with van der Waals surface area (Å²) >= 11 is 0. The van der Waals surface area contributed by atoms with E-state index in [0.29, 0.717) is 5.56 Å². The van der Waals surface area contributed by atoms with Gasteiger partial charge in [0.2, 0.25) is 0 Å². The van der Waals surface area contributed by atoms with Gasteiger partial charge in [-0.15, -0.1) is 0 Å². The van der Waals surface area contributed by atoms with Gasteiger partial charge >= 0.3 is 0 Å². The zero-order valence-corrected chi connectivity index (χ0v) is 9.25. The molecule has 0 saturated heterocycles. The minimum Gasteiger partial charge on any atom is -0.384 e. The van der Waals surface area contributed by atoms with Crippen LogP contribution in [-0.2, 0) is 0 Å². The number of aliphatic hydroxyl groups is 1. The zero-order valence-electron chi connectivity index (χ0n) is 9.25. The Morgan fingerprint density at radius 3 is 2.12 bits per heavy atom. The summed E-state index contributed by atoms with van der Waals surface area (Å²) in [6.07, 6.45) is 3.98. The molecule has 4 nitrogen and oxygen atoms in total. The summed E-state index contributed by atoms with van der Waals surface area (Å²) in [7, 11) is 0. The third-order valence-electron chi connectivity index (χ3n) is 2.32. The summed E-state index contributed by atoms with van der Waals surface area (Å²) in [6.45, 7) is 3.81. The Morgan fingerprint density at radius 2 is 1.56 bits per heavy atom. The maximum Gasteiger partial charge on any atom is 0.115 e. The average molecular weight is 215 g/mol. The van der Waals surface area contributed by atoms with Gasteiger partial charge in [0.1, 0.15) is 12.4 Å². The van der Waals surface area contributed by atoms with Crippen LogP contribution in [0.4, 0.5) is 0 Å². The molecule has 2 aromatic rings. The van der Waals surface area contributed by atoms with Gasteiger partial charge in [0.05, 0.1) is 0 Å². The van der Waals surface area contributed by atoms with Crippen molar-refractivity contribution in [2.75, 3.05) is 0 Å². The Kier molecular flexibility index (Phi) is 2.92. The number of pyridine rings is 1. The SMILES string of the molecule is Cc1cc(C(O)c2cncnc2)cc(C)n1. The summed E-state index contributed by atoms with van der Waals surface area (Å²) in [5.74, 6) is 0. The van der Waals surface area contributed by atoms with Gasteiger partial charge < -0.3 is 5.11 Å². The highest BCUT2D eigenvalue weighted by Crippen LogP contribution is 2.21. The molecule has 0 fully saturated rings. The lowest BCUT2D eigenvalue weighted by Crippen LogP contribution is -2.02. The van der Waals surface area contributed by atoms with E-state index >= 15 is 0 Å². The maximum absolute atomic E-state index is 10.1. The molecule has 0 amide bonds. The summed E-state index contributed by atoms with van der Waals surface area (Å²) in [4.78, 5) is 12.0. The van der Waals surface area contributed by atoms with Gasteiger partial charge in [-0.25, -0.2) is 9.97 Å². The van der Waals surface area contributed by atoms with E-state index in [2.05, 4.69) is 15.0 Å². The summed E-state index contributed by atoms with van der Waals surface area (Å²) in [5, 5.41) is 10.1. The second-order valence-corrected chi connectivity index (χ2v) is 3.76. The van der Waals surface area contributed by atoms with Crippen molar-refractivity contribution in [3.63, 3.8) is 0 Å². The lowest BCUT2D eigenvalue weighted by atomic mass is 10.0. The van der Waals surface area contributed by atoms with E-state index in [-0.39, 0.29) is 0 Å². The highest BCUT2D eigenvalue weighted by Gasteiger charge is 2.11. The van der Waals surface area contributed by atoms with E-state index in [4.69, 9.17) is 0 Å². The standard InChI is InChI=1S/C12H13N3O/c1-8-3-10(4-9(2)15-8)12(16)11-5-13-7-14-6-11/h3-7,12,16H,1-2H3. The first-order chi connectivity index (χ1) is 7.66. The van der Waals surface area contributed by atoms with Gasteiger partial charge in [0.25, 0.3) is 0 Å². The molecule has 0 aliphatic carbocycles. The molecule has 0 radical (unpaired) electrons. The Balaban J connectivity index is 2.37. The molecule has 1 atom stereocenters. The molecule has 0 aliphatic rings. The second kappa shape index (κ2) is 4.37. The van der Waals surface area contributed by atoms with Crippen LogP contribution in [0.15, 0.2) is 30.9 Å².